The Morgan fingerprint density at radius 3 is 2.58 bits per heavy atom. The van der Waals surface area contributed by atoms with Crippen molar-refractivity contribution < 1.29 is 19.1 Å². The fourth-order valence-electron chi connectivity index (χ4n) is 2.38. The zero-order valence-corrected chi connectivity index (χ0v) is 14.8. The molecule has 1 aliphatic heterocycles. The zero-order chi connectivity index (χ0) is 17.3. The minimum atomic E-state index is -0.326. The van der Waals surface area contributed by atoms with Gasteiger partial charge < -0.3 is 9.47 Å². The highest BCUT2D eigenvalue weighted by atomic mass is 79.9. The number of ether oxygens (including phenoxy) is 2. The van der Waals surface area contributed by atoms with Gasteiger partial charge in [-0.2, -0.15) is 0 Å². The van der Waals surface area contributed by atoms with E-state index < -0.39 is 0 Å². The summed E-state index contributed by atoms with van der Waals surface area (Å²) in [6.07, 6.45) is 1.98. The highest BCUT2D eigenvalue weighted by Crippen LogP contribution is 2.39. The first-order valence-corrected chi connectivity index (χ1v) is 8.33. The molecule has 0 unspecified atom stereocenters. The smallest absolute Gasteiger partial charge is 0.310 e. The summed E-state index contributed by atoms with van der Waals surface area (Å²) in [7, 11) is 0. The largest absolute Gasteiger partial charge is 0.452 e. The van der Waals surface area contributed by atoms with E-state index in [0.717, 1.165) is 10.0 Å². The van der Waals surface area contributed by atoms with E-state index in [1.165, 1.54) is 0 Å². The second-order valence-corrected chi connectivity index (χ2v) is 6.30. The molecule has 3 rings (SSSR count). The number of benzene rings is 2. The first-order chi connectivity index (χ1) is 11.5. The summed E-state index contributed by atoms with van der Waals surface area (Å²) >= 11 is 3.38. The van der Waals surface area contributed by atoms with Crippen LogP contribution in [0, 0.1) is 6.92 Å². The van der Waals surface area contributed by atoms with Crippen LogP contribution in [0.25, 0.3) is 6.08 Å². The van der Waals surface area contributed by atoms with E-state index in [9.17, 15) is 9.59 Å². The van der Waals surface area contributed by atoms with Crippen LogP contribution in [0.4, 0.5) is 0 Å². The predicted octanol–water partition coefficient (Wildman–Crippen LogP) is 4.69. The number of fused-ring (bicyclic) bond motifs is 1. The molecule has 0 fully saturated rings. The monoisotopic (exact) mass is 386 g/mol. The molecule has 0 N–H and O–H groups in total. The Morgan fingerprint density at radius 1 is 1.21 bits per heavy atom. The molecule has 2 aromatic rings. The number of allylic oxidation sites excluding steroid dienone is 1. The SMILES string of the molecule is CCC(=O)Oc1ccc2c(c1C)O/C(=C\c1ccc(Br)cc1)C2=O. The van der Waals surface area contributed by atoms with Crippen LogP contribution >= 0.6 is 15.9 Å². The average Bonchev–Trinajstić information content (AvgIpc) is 2.89. The number of rotatable bonds is 3. The van der Waals surface area contributed by atoms with Gasteiger partial charge in [-0.1, -0.05) is 35.0 Å². The number of halogens is 1. The Labute approximate surface area is 148 Å². The molecule has 5 heteroatoms. The van der Waals surface area contributed by atoms with Crippen molar-refractivity contribution >= 4 is 33.8 Å². The number of carbonyl (C=O) groups is 2. The minimum Gasteiger partial charge on any atom is -0.452 e. The number of hydrogen-bond donors (Lipinski definition) is 0. The van der Waals surface area contributed by atoms with Gasteiger partial charge in [-0.15, -0.1) is 0 Å². The van der Waals surface area contributed by atoms with Gasteiger partial charge in [0.05, 0.1) is 5.56 Å². The van der Waals surface area contributed by atoms with Crippen molar-refractivity contribution in [2.24, 2.45) is 0 Å². The van der Waals surface area contributed by atoms with Crippen LogP contribution in [0.15, 0.2) is 46.6 Å². The fourth-order valence-corrected chi connectivity index (χ4v) is 2.65. The standard InChI is InChI=1S/C19H15BrO4/c1-3-17(21)23-15-9-8-14-18(22)16(24-19(14)11(15)2)10-12-4-6-13(20)7-5-12/h4-10H,3H2,1-2H3/b16-10-. The van der Waals surface area contributed by atoms with Crippen LogP contribution in [-0.2, 0) is 4.79 Å². The number of ketones is 1. The van der Waals surface area contributed by atoms with Gasteiger partial charge in [-0.05, 0) is 42.8 Å². The van der Waals surface area contributed by atoms with Crippen molar-refractivity contribution in [3.05, 3.63) is 63.3 Å². The lowest BCUT2D eigenvalue weighted by Crippen LogP contribution is -2.06. The van der Waals surface area contributed by atoms with E-state index in [2.05, 4.69) is 15.9 Å². The molecular formula is C19H15BrO4. The molecule has 0 radical (unpaired) electrons. The van der Waals surface area contributed by atoms with Crippen LogP contribution in [0.3, 0.4) is 0 Å². The fraction of sp³-hybridized carbons (Fsp3) is 0.158. The lowest BCUT2D eigenvalue weighted by molar-refractivity contribution is -0.134. The van der Waals surface area contributed by atoms with E-state index in [-0.39, 0.29) is 23.9 Å². The second-order valence-electron chi connectivity index (χ2n) is 5.38. The normalized spacial score (nSPS) is 14.5. The van der Waals surface area contributed by atoms with Gasteiger partial charge in [0.1, 0.15) is 11.5 Å². The van der Waals surface area contributed by atoms with E-state index in [4.69, 9.17) is 9.47 Å². The van der Waals surface area contributed by atoms with Gasteiger partial charge in [-0.3, -0.25) is 9.59 Å². The number of hydrogen-bond acceptors (Lipinski definition) is 4. The van der Waals surface area contributed by atoms with E-state index in [1.807, 2.05) is 24.3 Å². The van der Waals surface area contributed by atoms with Crippen molar-refractivity contribution in [1.29, 1.82) is 0 Å². The molecule has 0 spiro atoms. The Balaban J connectivity index is 1.93. The highest BCUT2D eigenvalue weighted by Gasteiger charge is 2.30. The molecule has 1 aliphatic rings. The molecular weight excluding hydrogens is 372 g/mol. The molecule has 0 bridgehead atoms. The van der Waals surface area contributed by atoms with Crippen molar-refractivity contribution in [1.82, 2.24) is 0 Å². The number of carbonyl (C=O) groups excluding carboxylic acids is 2. The van der Waals surface area contributed by atoms with Crippen LogP contribution in [-0.4, -0.2) is 11.8 Å². The van der Waals surface area contributed by atoms with E-state index in [1.54, 1.807) is 32.1 Å². The lowest BCUT2D eigenvalue weighted by atomic mass is 10.1. The van der Waals surface area contributed by atoms with E-state index in [0.29, 0.717) is 22.6 Å². The van der Waals surface area contributed by atoms with Crippen LogP contribution in [0.5, 0.6) is 11.5 Å². The quantitative estimate of drug-likeness (QED) is 0.436. The molecule has 0 amide bonds. The highest BCUT2D eigenvalue weighted by molar-refractivity contribution is 9.10. The van der Waals surface area contributed by atoms with E-state index >= 15 is 0 Å². The number of Topliss-reactive ketones (excluding diaryl/α,β-unsaturated/α-hetero) is 1. The van der Waals surface area contributed by atoms with Crippen molar-refractivity contribution in [2.75, 3.05) is 0 Å². The zero-order valence-electron chi connectivity index (χ0n) is 13.3. The first-order valence-electron chi connectivity index (χ1n) is 7.53. The van der Waals surface area contributed by atoms with Crippen LogP contribution < -0.4 is 9.47 Å². The van der Waals surface area contributed by atoms with Crippen molar-refractivity contribution in [3.8, 4) is 11.5 Å². The summed E-state index contributed by atoms with van der Waals surface area (Å²) in [5.74, 6) is 0.620. The third-order valence-electron chi connectivity index (χ3n) is 3.72. The van der Waals surface area contributed by atoms with Gasteiger partial charge in [0.2, 0.25) is 5.78 Å². The van der Waals surface area contributed by atoms with Gasteiger partial charge in [0, 0.05) is 16.5 Å². The first kappa shape index (κ1) is 16.5. The summed E-state index contributed by atoms with van der Waals surface area (Å²) in [5, 5.41) is 0. The topological polar surface area (TPSA) is 52.6 Å². The molecule has 0 saturated heterocycles. The van der Waals surface area contributed by atoms with Crippen LogP contribution in [0.1, 0.15) is 34.8 Å². The summed E-state index contributed by atoms with van der Waals surface area (Å²) in [5.41, 5.74) is 1.98. The Kier molecular flexibility index (Phi) is 4.53. The maximum atomic E-state index is 12.5. The molecule has 0 atom stereocenters. The van der Waals surface area contributed by atoms with Gasteiger partial charge in [0.15, 0.2) is 5.76 Å². The molecule has 0 aliphatic carbocycles. The summed E-state index contributed by atoms with van der Waals surface area (Å²) < 4.78 is 12.0. The van der Waals surface area contributed by atoms with Gasteiger partial charge >= 0.3 is 5.97 Å². The average molecular weight is 387 g/mol. The minimum absolute atomic E-state index is 0.176. The second kappa shape index (κ2) is 6.61. The Hall–Kier alpha value is -2.40. The van der Waals surface area contributed by atoms with Crippen molar-refractivity contribution in [2.45, 2.75) is 20.3 Å². The van der Waals surface area contributed by atoms with Gasteiger partial charge in [-0.25, -0.2) is 0 Å². The van der Waals surface area contributed by atoms with Gasteiger partial charge in [0.25, 0.3) is 0 Å². The molecule has 1 heterocycles. The lowest BCUT2D eigenvalue weighted by Gasteiger charge is -2.09. The molecule has 0 saturated carbocycles. The molecule has 2 aromatic carbocycles. The predicted molar refractivity (Wildman–Crippen MR) is 94.2 cm³/mol. The Bertz CT molecular complexity index is 850. The summed E-state index contributed by atoms with van der Waals surface area (Å²) in [6, 6.07) is 10.8. The summed E-state index contributed by atoms with van der Waals surface area (Å²) in [6.45, 7) is 3.50. The molecule has 4 nitrogen and oxygen atoms in total. The third kappa shape index (κ3) is 3.12. The molecule has 122 valence electrons. The van der Waals surface area contributed by atoms with Crippen LogP contribution in [0.2, 0.25) is 0 Å². The third-order valence-corrected chi connectivity index (χ3v) is 4.25. The summed E-state index contributed by atoms with van der Waals surface area (Å²) in [4.78, 5) is 24.0. The maximum absolute atomic E-state index is 12.5. The Morgan fingerprint density at radius 2 is 1.92 bits per heavy atom. The molecule has 24 heavy (non-hydrogen) atoms. The van der Waals surface area contributed by atoms with Crippen molar-refractivity contribution in [3.63, 3.8) is 0 Å². The molecule has 0 aromatic heterocycles. The maximum Gasteiger partial charge on any atom is 0.310 e. The number of esters is 1.